The highest BCUT2D eigenvalue weighted by molar-refractivity contribution is 7.90. The highest BCUT2D eigenvalue weighted by atomic mass is 32.2. The molecule has 0 saturated carbocycles. The molecule has 1 unspecified atom stereocenters. The molecule has 0 aromatic rings. The van der Waals surface area contributed by atoms with Crippen LogP contribution in [0.3, 0.4) is 0 Å². The van der Waals surface area contributed by atoms with Gasteiger partial charge in [-0.2, -0.15) is 0 Å². The van der Waals surface area contributed by atoms with E-state index in [4.69, 9.17) is 5.11 Å². The quantitative estimate of drug-likeness (QED) is 0.679. The number of sulfone groups is 1. The Kier molecular flexibility index (Phi) is 6.67. The first-order valence-electron chi connectivity index (χ1n) is 5.60. The highest BCUT2D eigenvalue weighted by Crippen LogP contribution is 1.96. The molecule has 0 aromatic heterocycles. The third-order valence-corrected chi connectivity index (χ3v) is 3.29. The Morgan fingerprint density at radius 1 is 1.39 bits per heavy atom. The molecule has 1 atom stereocenters. The average molecular weight is 280 g/mol. The van der Waals surface area contributed by atoms with Crippen molar-refractivity contribution in [2.75, 3.05) is 25.1 Å². The Labute approximate surface area is 107 Å². The molecule has 8 heteroatoms. The van der Waals surface area contributed by atoms with Gasteiger partial charge in [0, 0.05) is 25.4 Å². The summed E-state index contributed by atoms with van der Waals surface area (Å²) in [4.78, 5) is 23.5. The number of hydrogen-bond acceptors (Lipinski definition) is 4. The van der Waals surface area contributed by atoms with E-state index in [0.29, 0.717) is 6.54 Å². The van der Waals surface area contributed by atoms with E-state index in [9.17, 15) is 18.0 Å². The molecule has 0 radical (unpaired) electrons. The topological polar surface area (TPSA) is 104 Å². The predicted octanol–water partition coefficient (Wildman–Crippen LogP) is -0.0743. The van der Waals surface area contributed by atoms with E-state index in [1.807, 2.05) is 0 Å². The van der Waals surface area contributed by atoms with Crippen molar-refractivity contribution in [3.05, 3.63) is 0 Å². The lowest BCUT2D eigenvalue weighted by molar-refractivity contribution is -0.137. The lowest BCUT2D eigenvalue weighted by atomic mass is 10.3. The van der Waals surface area contributed by atoms with Crippen LogP contribution in [0.1, 0.15) is 20.3 Å². The van der Waals surface area contributed by atoms with E-state index in [-0.39, 0.29) is 18.7 Å². The summed E-state index contributed by atoms with van der Waals surface area (Å²) in [6.07, 6.45) is 0.958. The van der Waals surface area contributed by atoms with Crippen molar-refractivity contribution in [2.24, 2.45) is 0 Å². The van der Waals surface area contributed by atoms with Crippen LogP contribution in [0.5, 0.6) is 0 Å². The van der Waals surface area contributed by atoms with Gasteiger partial charge in [-0.1, -0.05) is 0 Å². The van der Waals surface area contributed by atoms with E-state index >= 15 is 0 Å². The van der Waals surface area contributed by atoms with E-state index < -0.39 is 27.9 Å². The molecular weight excluding hydrogens is 260 g/mol. The van der Waals surface area contributed by atoms with Gasteiger partial charge >= 0.3 is 12.0 Å². The molecular formula is C10H20N2O5S. The Balaban J connectivity index is 4.30. The molecule has 0 heterocycles. The molecule has 0 spiro atoms. The highest BCUT2D eigenvalue weighted by Gasteiger charge is 2.17. The molecule has 0 saturated heterocycles. The molecule has 18 heavy (non-hydrogen) atoms. The van der Waals surface area contributed by atoms with Crippen molar-refractivity contribution in [3.8, 4) is 0 Å². The zero-order valence-electron chi connectivity index (χ0n) is 10.8. The second-order valence-corrected chi connectivity index (χ2v) is 6.35. The number of carbonyl (C=O) groups is 2. The van der Waals surface area contributed by atoms with Crippen molar-refractivity contribution in [1.29, 1.82) is 0 Å². The van der Waals surface area contributed by atoms with Crippen molar-refractivity contribution in [2.45, 2.75) is 26.3 Å². The van der Waals surface area contributed by atoms with Crippen molar-refractivity contribution >= 4 is 21.8 Å². The molecule has 0 aliphatic heterocycles. The lowest BCUT2D eigenvalue weighted by Crippen LogP contribution is -2.46. The maximum Gasteiger partial charge on any atom is 0.317 e. The van der Waals surface area contributed by atoms with E-state index in [2.05, 4.69) is 5.32 Å². The van der Waals surface area contributed by atoms with Crippen molar-refractivity contribution in [1.82, 2.24) is 10.2 Å². The third kappa shape index (κ3) is 7.88. The summed E-state index contributed by atoms with van der Waals surface area (Å²) in [6.45, 7) is 3.78. The van der Waals surface area contributed by atoms with Crippen LogP contribution in [0.4, 0.5) is 4.79 Å². The summed E-state index contributed by atoms with van der Waals surface area (Å²) < 4.78 is 22.1. The summed E-state index contributed by atoms with van der Waals surface area (Å²) in [5.74, 6) is -1.12. The Morgan fingerprint density at radius 3 is 2.33 bits per heavy atom. The Morgan fingerprint density at radius 2 is 1.94 bits per heavy atom. The molecule has 7 nitrogen and oxygen atoms in total. The molecule has 2 N–H and O–H groups in total. The average Bonchev–Trinajstić information content (AvgIpc) is 2.14. The van der Waals surface area contributed by atoms with Gasteiger partial charge in [0.05, 0.1) is 12.2 Å². The molecule has 0 bridgehead atoms. The number of hydrogen-bond donors (Lipinski definition) is 2. The molecule has 2 amide bonds. The summed E-state index contributed by atoms with van der Waals surface area (Å²) in [5, 5.41) is 11.1. The molecule has 0 aromatic carbocycles. The smallest absolute Gasteiger partial charge is 0.317 e. The Hall–Kier alpha value is -1.31. The number of nitrogens with zero attached hydrogens (tertiary/aromatic N) is 1. The number of carboxylic acid groups (broad SMARTS) is 1. The molecule has 0 aliphatic rings. The van der Waals surface area contributed by atoms with Crippen molar-refractivity contribution < 1.29 is 23.1 Å². The monoisotopic (exact) mass is 280 g/mol. The van der Waals surface area contributed by atoms with Gasteiger partial charge in [0.15, 0.2) is 0 Å². The zero-order chi connectivity index (χ0) is 14.3. The van der Waals surface area contributed by atoms with Gasteiger partial charge in [-0.3, -0.25) is 4.79 Å². The number of urea groups is 1. The third-order valence-electron chi connectivity index (χ3n) is 2.19. The van der Waals surface area contributed by atoms with Gasteiger partial charge in [-0.15, -0.1) is 0 Å². The van der Waals surface area contributed by atoms with Crippen LogP contribution in [0.15, 0.2) is 0 Å². The predicted molar refractivity (Wildman–Crippen MR) is 67.2 cm³/mol. The maximum absolute atomic E-state index is 11.7. The minimum atomic E-state index is -3.15. The number of rotatable bonds is 7. The maximum atomic E-state index is 11.7. The van der Waals surface area contributed by atoms with Gasteiger partial charge in [0.25, 0.3) is 0 Å². The van der Waals surface area contributed by atoms with Gasteiger partial charge < -0.3 is 15.3 Å². The standard InChI is InChI=1S/C10H20N2O5S/c1-4-12(6-5-9(13)14)10(15)11-8(2)7-18(3,16)17/h8H,4-7H2,1-3H3,(H,11,15)(H,13,14). The van der Waals surface area contributed by atoms with Gasteiger partial charge in [0.2, 0.25) is 0 Å². The largest absolute Gasteiger partial charge is 0.481 e. The molecule has 0 aliphatic carbocycles. The number of nitrogens with one attached hydrogen (secondary N) is 1. The molecule has 106 valence electrons. The summed E-state index contributed by atoms with van der Waals surface area (Å²) in [7, 11) is -3.15. The second kappa shape index (κ2) is 7.20. The van der Waals surface area contributed by atoms with E-state index in [1.54, 1.807) is 13.8 Å². The van der Waals surface area contributed by atoms with E-state index in [0.717, 1.165) is 6.26 Å². The molecule has 0 fully saturated rings. The fraction of sp³-hybridized carbons (Fsp3) is 0.800. The lowest BCUT2D eigenvalue weighted by Gasteiger charge is -2.23. The first-order valence-corrected chi connectivity index (χ1v) is 7.66. The first-order chi connectivity index (χ1) is 8.15. The zero-order valence-corrected chi connectivity index (χ0v) is 11.7. The van der Waals surface area contributed by atoms with Crippen LogP contribution in [0.25, 0.3) is 0 Å². The van der Waals surface area contributed by atoms with E-state index in [1.165, 1.54) is 4.90 Å². The van der Waals surface area contributed by atoms with Crippen LogP contribution in [0, 0.1) is 0 Å². The van der Waals surface area contributed by atoms with Crippen LogP contribution in [-0.4, -0.2) is 61.6 Å². The second-order valence-electron chi connectivity index (χ2n) is 4.17. The first kappa shape index (κ1) is 16.7. The number of aliphatic carboxylic acids is 1. The van der Waals surface area contributed by atoms with Gasteiger partial charge in [0.1, 0.15) is 9.84 Å². The fourth-order valence-corrected chi connectivity index (χ4v) is 2.42. The van der Waals surface area contributed by atoms with Gasteiger partial charge in [-0.05, 0) is 13.8 Å². The van der Waals surface area contributed by atoms with Gasteiger partial charge in [-0.25, -0.2) is 13.2 Å². The summed E-state index contributed by atoms with van der Waals surface area (Å²) in [5.41, 5.74) is 0. The van der Waals surface area contributed by atoms with Crippen LogP contribution < -0.4 is 5.32 Å². The minimum Gasteiger partial charge on any atom is -0.481 e. The number of carboxylic acids is 1. The van der Waals surface area contributed by atoms with Crippen LogP contribution in [0.2, 0.25) is 0 Å². The number of carbonyl (C=O) groups excluding carboxylic acids is 1. The minimum absolute atomic E-state index is 0.100. The Bertz CT molecular complexity index is 393. The normalized spacial score (nSPS) is 12.8. The summed E-state index contributed by atoms with van der Waals surface area (Å²) in [6, 6.07) is -0.957. The van der Waals surface area contributed by atoms with Crippen molar-refractivity contribution in [3.63, 3.8) is 0 Å². The SMILES string of the molecule is CCN(CCC(=O)O)C(=O)NC(C)CS(C)(=O)=O. The fourth-order valence-electron chi connectivity index (χ4n) is 1.43. The van der Waals surface area contributed by atoms with Crippen LogP contribution in [-0.2, 0) is 14.6 Å². The summed E-state index contributed by atoms with van der Waals surface area (Å²) >= 11 is 0. The number of amides is 2. The van der Waals surface area contributed by atoms with Crippen LogP contribution >= 0.6 is 0 Å². The molecule has 0 rings (SSSR count).